The van der Waals surface area contributed by atoms with Crippen molar-refractivity contribution in [1.29, 1.82) is 0 Å². The van der Waals surface area contributed by atoms with E-state index in [9.17, 15) is 14.4 Å². The Balaban J connectivity index is 1.78. The average Bonchev–Trinajstić information content (AvgIpc) is 2.75. The smallest absolute Gasteiger partial charge is 0.335 e. The first-order valence-electron chi connectivity index (χ1n) is 11.7. The number of halogens is 2. The van der Waals surface area contributed by atoms with Crippen molar-refractivity contribution in [3.05, 3.63) is 62.9 Å². The molecule has 2 aromatic rings. The average molecular weight is 542 g/mol. The van der Waals surface area contributed by atoms with Crippen molar-refractivity contribution in [2.75, 3.05) is 16.3 Å². The molecule has 0 saturated carbocycles. The van der Waals surface area contributed by atoms with Crippen LogP contribution < -0.4 is 15.1 Å². The number of barbiturate groups is 1. The van der Waals surface area contributed by atoms with Gasteiger partial charge in [-0.05, 0) is 87.1 Å². The molecule has 0 aromatic heterocycles. The monoisotopic (exact) mass is 541 g/mol. The Kier molecular flexibility index (Phi) is 6.62. The number of benzene rings is 2. The zero-order valence-electron chi connectivity index (χ0n) is 20.5. The maximum atomic E-state index is 15.4. The van der Waals surface area contributed by atoms with Gasteiger partial charge in [-0.3, -0.25) is 14.9 Å². The molecule has 1 atom stereocenters. The van der Waals surface area contributed by atoms with Crippen molar-refractivity contribution in [3.8, 4) is 0 Å². The second-order valence-electron chi connectivity index (χ2n) is 9.89. The molecule has 0 spiro atoms. The fourth-order valence-electron chi connectivity index (χ4n) is 5.18. The summed E-state index contributed by atoms with van der Waals surface area (Å²) in [5, 5.41) is 2.21. The van der Waals surface area contributed by atoms with E-state index in [1.807, 2.05) is 0 Å². The molecule has 8 heteroatoms. The first kappa shape index (κ1) is 25.1. The van der Waals surface area contributed by atoms with Crippen LogP contribution in [0.15, 0.2) is 40.4 Å². The van der Waals surface area contributed by atoms with E-state index in [0.29, 0.717) is 11.3 Å². The van der Waals surface area contributed by atoms with Crippen LogP contribution in [-0.2, 0) is 9.59 Å². The summed E-state index contributed by atoms with van der Waals surface area (Å²) in [4.78, 5) is 41.7. The Bertz CT molecular complexity index is 1270. The zero-order chi connectivity index (χ0) is 25.7. The van der Waals surface area contributed by atoms with Gasteiger partial charge in [0, 0.05) is 27.8 Å². The van der Waals surface area contributed by atoms with Crippen LogP contribution in [0.2, 0.25) is 0 Å². The third kappa shape index (κ3) is 4.51. The third-order valence-corrected chi connectivity index (χ3v) is 7.25. The predicted molar refractivity (Wildman–Crippen MR) is 139 cm³/mol. The minimum absolute atomic E-state index is 0.114. The number of urea groups is 1. The van der Waals surface area contributed by atoms with Gasteiger partial charge in [-0.25, -0.2) is 14.1 Å². The van der Waals surface area contributed by atoms with E-state index in [1.165, 1.54) is 12.1 Å². The number of carbonyl (C=O) groups excluding carboxylic acids is 3. The number of rotatable bonds is 4. The van der Waals surface area contributed by atoms with Crippen molar-refractivity contribution in [1.82, 2.24) is 5.32 Å². The highest BCUT2D eigenvalue weighted by Gasteiger charge is 2.39. The quantitative estimate of drug-likeness (QED) is 0.377. The van der Waals surface area contributed by atoms with E-state index >= 15 is 4.39 Å². The van der Waals surface area contributed by atoms with E-state index in [4.69, 9.17) is 0 Å². The molecule has 2 aromatic carbocycles. The minimum Gasteiger partial charge on any atom is -0.366 e. The molecule has 0 bridgehead atoms. The molecule has 4 rings (SSSR count). The summed E-state index contributed by atoms with van der Waals surface area (Å²) in [6, 6.07) is 7.49. The van der Waals surface area contributed by atoms with Crippen molar-refractivity contribution in [2.24, 2.45) is 0 Å². The number of aryl methyl sites for hydroxylation is 1. The minimum atomic E-state index is -0.843. The predicted octanol–water partition coefficient (Wildman–Crippen LogP) is 6.07. The Morgan fingerprint density at radius 1 is 1.17 bits per heavy atom. The summed E-state index contributed by atoms with van der Waals surface area (Å²) in [5.74, 6) is -1.98. The highest BCUT2D eigenvalue weighted by atomic mass is 79.9. The largest absolute Gasteiger partial charge is 0.366 e. The van der Waals surface area contributed by atoms with Gasteiger partial charge in [0.1, 0.15) is 11.4 Å². The summed E-state index contributed by atoms with van der Waals surface area (Å²) in [7, 11) is 0. The molecule has 0 aliphatic carbocycles. The molecule has 1 N–H and O–H groups in total. The molecule has 0 radical (unpaired) electrons. The van der Waals surface area contributed by atoms with E-state index < -0.39 is 23.7 Å². The highest BCUT2D eigenvalue weighted by Crippen LogP contribution is 2.44. The lowest BCUT2D eigenvalue weighted by atomic mass is 9.79. The fourth-order valence-corrected chi connectivity index (χ4v) is 5.66. The summed E-state index contributed by atoms with van der Waals surface area (Å²) >= 11 is 3.37. The molecule has 35 heavy (non-hydrogen) atoms. The molecule has 184 valence electrons. The van der Waals surface area contributed by atoms with Crippen LogP contribution in [0.1, 0.15) is 63.1 Å². The van der Waals surface area contributed by atoms with E-state index in [1.54, 1.807) is 31.2 Å². The molecule has 2 aliphatic heterocycles. The zero-order valence-corrected chi connectivity index (χ0v) is 22.1. The number of anilines is 2. The van der Waals surface area contributed by atoms with Crippen LogP contribution in [0.5, 0.6) is 0 Å². The third-order valence-electron chi connectivity index (χ3n) is 6.75. The molecule has 2 heterocycles. The van der Waals surface area contributed by atoms with Crippen LogP contribution >= 0.6 is 15.9 Å². The molecule has 6 nitrogen and oxygen atoms in total. The lowest BCUT2D eigenvalue weighted by Gasteiger charge is -2.47. The maximum absolute atomic E-state index is 15.4. The number of imide groups is 2. The lowest BCUT2D eigenvalue weighted by molar-refractivity contribution is -0.122. The van der Waals surface area contributed by atoms with Crippen LogP contribution in [0.25, 0.3) is 6.08 Å². The van der Waals surface area contributed by atoms with Crippen molar-refractivity contribution in [2.45, 2.75) is 58.9 Å². The molecular weight excluding hydrogens is 513 g/mol. The first-order chi connectivity index (χ1) is 16.4. The Hall–Kier alpha value is -3.00. The van der Waals surface area contributed by atoms with Gasteiger partial charge in [-0.15, -0.1) is 0 Å². The number of fused-ring (bicyclic) bond motifs is 1. The van der Waals surface area contributed by atoms with E-state index in [2.05, 4.69) is 53.8 Å². The van der Waals surface area contributed by atoms with Gasteiger partial charge in [0.05, 0.1) is 5.69 Å². The maximum Gasteiger partial charge on any atom is 0.335 e. The second-order valence-corrected chi connectivity index (χ2v) is 10.8. The van der Waals surface area contributed by atoms with Crippen molar-refractivity contribution < 1.29 is 18.8 Å². The summed E-state index contributed by atoms with van der Waals surface area (Å²) < 4.78 is 16.2. The normalized spacial score (nSPS) is 20.8. The Labute approximate surface area is 213 Å². The number of carbonyl (C=O) groups is 3. The molecule has 2 aliphatic rings. The topological polar surface area (TPSA) is 69.7 Å². The molecule has 1 unspecified atom stereocenters. The van der Waals surface area contributed by atoms with E-state index in [0.717, 1.165) is 40.0 Å². The van der Waals surface area contributed by atoms with Gasteiger partial charge >= 0.3 is 6.03 Å². The lowest BCUT2D eigenvalue weighted by Crippen LogP contribution is -2.54. The van der Waals surface area contributed by atoms with Gasteiger partial charge in [-0.2, -0.15) is 0 Å². The number of hydrogen-bond acceptors (Lipinski definition) is 4. The van der Waals surface area contributed by atoms with Crippen molar-refractivity contribution >= 4 is 51.2 Å². The number of nitrogens with one attached hydrogen (secondary N) is 1. The second kappa shape index (κ2) is 9.22. The summed E-state index contributed by atoms with van der Waals surface area (Å²) in [5.41, 5.74) is 2.59. The fraction of sp³-hybridized carbons (Fsp3) is 0.370. The Morgan fingerprint density at radius 3 is 2.54 bits per heavy atom. The van der Waals surface area contributed by atoms with Gasteiger partial charge in [0.15, 0.2) is 0 Å². The van der Waals surface area contributed by atoms with Gasteiger partial charge in [0.2, 0.25) is 0 Å². The molecular formula is C27H29BrFN3O3. The molecule has 4 amide bonds. The SMILES string of the molecule is CCCN1c2cc(F)c(/C=C3/C(=O)NC(=O)N(c4ccc(Br)cc4C)C3=O)cc2C(C)CC1(C)C. The van der Waals surface area contributed by atoms with Gasteiger partial charge < -0.3 is 4.90 Å². The van der Waals surface area contributed by atoms with Crippen LogP contribution in [-0.4, -0.2) is 29.9 Å². The van der Waals surface area contributed by atoms with Crippen LogP contribution in [0.3, 0.4) is 0 Å². The summed E-state index contributed by atoms with van der Waals surface area (Å²) in [6.07, 6.45) is 3.07. The molecule has 1 saturated heterocycles. The van der Waals surface area contributed by atoms with Crippen LogP contribution in [0, 0.1) is 12.7 Å². The number of hydrogen-bond donors (Lipinski definition) is 1. The number of amides is 4. The van der Waals surface area contributed by atoms with Crippen molar-refractivity contribution in [3.63, 3.8) is 0 Å². The van der Waals surface area contributed by atoms with Gasteiger partial charge in [-0.1, -0.05) is 29.8 Å². The summed E-state index contributed by atoms with van der Waals surface area (Å²) in [6.45, 7) is 11.1. The highest BCUT2D eigenvalue weighted by molar-refractivity contribution is 9.10. The standard InChI is InChI=1S/C27H29BrFN3O3/c1-6-9-31-23-13-21(29)17(11-19(23)16(3)14-27(31,4)5)12-20-24(33)30-26(35)32(25(20)34)22-8-7-18(28)10-15(22)2/h7-8,10-13,16H,6,9,14H2,1-5H3,(H,30,33,35)/b20-12-. The van der Waals surface area contributed by atoms with Gasteiger partial charge in [0.25, 0.3) is 11.8 Å². The number of nitrogens with zero attached hydrogens (tertiary/aromatic N) is 2. The van der Waals surface area contributed by atoms with Crippen LogP contribution in [0.4, 0.5) is 20.6 Å². The van der Waals surface area contributed by atoms with E-state index in [-0.39, 0.29) is 22.6 Å². The Morgan fingerprint density at radius 2 is 1.89 bits per heavy atom. The molecule has 1 fully saturated rings. The first-order valence-corrected chi connectivity index (χ1v) is 12.5.